The van der Waals surface area contributed by atoms with Gasteiger partial charge in [0, 0.05) is 5.54 Å². The monoisotopic (exact) mass is 221 g/mol. The van der Waals surface area contributed by atoms with Crippen molar-refractivity contribution in [2.75, 3.05) is 0 Å². The van der Waals surface area contributed by atoms with Crippen LogP contribution in [0.4, 0.5) is 0 Å². The van der Waals surface area contributed by atoms with Crippen LogP contribution in [0.25, 0.3) is 0 Å². The second-order valence-electron chi connectivity index (χ2n) is 7.64. The largest absolute Gasteiger partial charge is 0.325 e. The summed E-state index contributed by atoms with van der Waals surface area (Å²) in [6.45, 7) is 6.97. The van der Waals surface area contributed by atoms with E-state index in [0.717, 1.165) is 17.8 Å². The predicted molar refractivity (Wildman–Crippen MR) is 68.0 cm³/mol. The highest BCUT2D eigenvalue weighted by Gasteiger charge is 2.58. The second kappa shape index (κ2) is 3.25. The van der Waals surface area contributed by atoms with Crippen LogP contribution in [0.1, 0.15) is 59.3 Å². The lowest BCUT2D eigenvalue weighted by molar-refractivity contribution is -0.104. The number of nitrogens with two attached hydrogens (primary N) is 1. The zero-order valence-corrected chi connectivity index (χ0v) is 11.1. The van der Waals surface area contributed by atoms with Gasteiger partial charge in [-0.05, 0) is 74.5 Å². The molecule has 4 fully saturated rings. The fourth-order valence-corrected chi connectivity index (χ4v) is 5.38. The molecule has 4 rings (SSSR count). The van der Waals surface area contributed by atoms with E-state index in [1.54, 1.807) is 0 Å². The molecule has 0 saturated heterocycles. The number of hydrogen-bond acceptors (Lipinski definition) is 1. The summed E-state index contributed by atoms with van der Waals surface area (Å²) in [5, 5.41) is 0. The highest BCUT2D eigenvalue weighted by Crippen LogP contribution is 2.64. The van der Waals surface area contributed by atoms with Crippen LogP contribution in [-0.2, 0) is 0 Å². The summed E-state index contributed by atoms with van der Waals surface area (Å²) < 4.78 is 0. The molecule has 0 radical (unpaired) electrons. The van der Waals surface area contributed by atoms with Gasteiger partial charge in [-0.2, -0.15) is 0 Å². The van der Waals surface area contributed by atoms with Gasteiger partial charge in [-0.3, -0.25) is 0 Å². The zero-order valence-electron chi connectivity index (χ0n) is 11.1. The van der Waals surface area contributed by atoms with E-state index in [-0.39, 0.29) is 5.54 Å². The quantitative estimate of drug-likeness (QED) is 0.758. The molecule has 0 amide bonds. The SMILES string of the molecule is CC(C)C(C)(N)C12CC3CC(CC(C3)C1)C2. The van der Waals surface area contributed by atoms with Gasteiger partial charge in [-0.1, -0.05) is 13.8 Å². The minimum absolute atomic E-state index is 0.0585. The molecule has 4 aliphatic carbocycles. The van der Waals surface area contributed by atoms with Crippen molar-refractivity contribution in [1.29, 1.82) is 0 Å². The van der Waals surface area contributed by atoms with E-state index < -0.39 is 0 Å². The van der Waals surface area contributed by atoms with Crippen LogP contribution in [0.5, 0.6) is 0 Å². The average molecular weight is 221 g/mol. The third kappa shape index (κ3) is 1.33. The summed E-state index contributed by atoms with van der Waals surface area (Å²) >= 11 is 0. The highest BCUT2D eigenvalue weighted by atomic mass is 14.8. The maximum absolute atomic E-state index is 6.76. The third-order valence-corrected chi connectivity index (χ3v) is 6.38. The van der Waals surface area contributed by atoms with Gasteiger partial charge in [-0.15, -0.1) is 0 Å². The molecular weight excluding hydrogens is 194 g/mol. The Morgan fingerprint density at radius 1 is 1.00 bits per heavy atom. The van der Waals surface area contributed by atoms with Crippen molar-refractivity contribution >= 4 is 0 Å². The maximum Gasteiger partial charge on any atom is 0.0206 e. The van der Waals surface area contributed by atoms with Crippen molar-refractivity contribution < 1.29 is 0 Å². The summed E-state index contributed by atoms with van der Waals surface area (Å²) in [7, 11) is 0. The summed E-state index contributed by atoms with van der Waals surface area (Å²) in [6.07, 6.45) is 8.87. The van der Waals surface area contributed by atoms with Crippen LogP contribution in [0.2, 0.25) is 0 Å². The Labute approximate surface area is 100 Å². The second-order valence-corrected chi connectivity index (χ2v) is 7.64. The predicted octanol–water partition coefficient (Wildman–Crippen LogP) is 3.58. The molecule has 4 bridgehead atoms. The van der Waals surface area contributed by atoms with Crippen LogP contribution < -0.4 is 5.73 Å². The maximum atomic E-state index is 6.76. The highest BCUT2D eigenvalue weighted by molar-refractivity contribution is 5.11. The standard InChI is InChI=1S/C15H27N/c1-10(2)14(3,16)15-7-11-4-12(8-15)6-13(5-11)9-15/h10-13H,4-9,16H2,1-3H3. The fourth-order valence-electron chi connectivity index (χ4n) is 5.38. The molecule has 0 heterocycles. The first-order chi connectivity index (χ1) is 7.43. The van der Waals surface area contributed by atoms with Crippen LogP contribution in [0.3, 0.4) is 0 Å². The molecule has 0 spiro atoms. The summed E-state index contributed by atoms with van der Waals surface area (Å²) in [6, 6.07) is 0. The summed E-state index contributed by atoms with van der Waals surface area (Å²) in [5.41, 5.74) is 7.31. The molecule has 0 aromatic heterocycles. The van der Waals surface area contributed by atoms with Crippen molar-refractivity contribution in [2.24, 2.45) is 34.8 Å². The Morgan fingerprint density at radius 3 is 1.69 bits per heavy atom. The van der Waals surface area contributed by atoms with Crippen molar-refractivity contribution in [3.8, 4) is 0 Å². The average Bonchev–Trinajstić information content (AvgIpc) is 2.14. The van der Waals surface area contributed by atoms with E-state index in [2.05, 4.69) is 20.8 Å². The van der Waals surface area contributed by atoms with Gasteiger partial charge < -0.3 is 5.73 Å². The Kier molecular flexibility index (Phi) is 2.25. The molecule has 1 heteroatoms. The third-order valence-electron chi connectivity index (χ3n) is 6.38. The Bertz CT molecular complexity index is 255. The number of rotatable bonds is 2. The van der Waals surface area contributed by atoms with E-state index in [9.17, 15) is 0 Å². The fraction of sp³-hybridized carbons (Fsp3) is 1.00. The molecule has 1 nitrogen and oxygen atoms in total. The van der Waals surface area contributed by atoms with Crippen LogP contribution in [-0.4, -0.2) is 5.54 Å². The lowest BCUT2D eigenvalue weighted by Gasteiger charge is -2.63. The topological polar surface area (TPSA) is 26.0 Å². The summed E-state index contributed by atoms with van der Waals surface area (Å²) in [5.74, 6) is 3.68. The van der Waals surface area contributed by atoms with E-state index in [1.165, 1.54) is 38.5 Å². The molecule has 1 unspecified atom stereocenters. The lowest BCUT2D eigenvalue weighted by atomic mass is 9.43. The summed E-state index contributed by atoms with van der Waals surface area (Å²) in [4.78, 5) is 0. The molecule has 0 aromatic rings. The molecular formula is C15H27N. The van der Waals surface area contributed by atoms with Crippen molar-refractivity contribution in [1.82, 2.24) is 0 Å². The van der Waals surface area contributed by atoms with Gasteiger partial charge in [-0.25, -0.2) is 0 Å². The minimum Gasteiger partial charge on any atom is -0.325 e. The van der Waals surface area contributed by atoms with Crippen LogP contribution in [0, 0.1) is 29.1 Å². The van der Waals surface area contributed by atoms with Crippen molar-refractivity contribution in [2.45, 2.75) is 64.8 Å². The molecule has 16 heavy (non-hydrogen) atoms. The molecule has 4 aliphatic rings. The van der Waals surface area contributed by atoms with Gasteiger partial charge in [0.25, 0.3) is 0 Å². The van der Waals surface area contributed by atoms with Gasteiger partial charge >= 0.3 is 0 Å². The molecule has 0 aliphatic heterocycles. The smallest absolute Gasteiger partial charge is 0.0206 e. The van der Waals surface area contributed by atoms with Crippen molar-refractivity contribution in [3.05, 3.63) is 0 Å². The Balaban J connectivity index is 1.94. The number of hydrogen-bond donors (Lipinski definition) is 1. The van der Waals surface area contributed by atoms with E-state index in [0.29, 0.717) is 11.3 Å². The molecule has 2 N–H and O–H groups in total. The van der Waals surface area contributed by atoms with E-state index >= 15 is 0 Å². The lowest BCUT2D eigenvalue weighted by Crippen LogP contribution is -2.63. The molecule has 4 saturated carbocycles. The first-order valence-electron chi connectivity index (χ1n) is 7.22. The molecule has 92 valence electrons. The minimum atomic E-state index is 0.0585. The van der Waals surface area contributed by atoms with Gasteiger partial charge in [0.1, 0.15) is 0 Å². The first kappa shape index (κ1) is 11.1. The molecule has 1 atom stereocenters. The normalized spacial score (nSPS) is 49.7. The van der Waals surface area contributed by atoms with Gasteiger partial charge in [0.05, 0.1) is 0 Å². The zero-order chi connectivity index (χ0) is 11.6. The van der Waals surface area contributed by atoms with Crippen molar-refractivity contribution in [3.63, 3.8) is 0 Å². The Morgan fingerprint density at radius 2 is 1.38 bits per heavy atom. The van der Waals surface area contributed by atoms with Crippen LogP contribution in [0.15, 0.2) is 0 Å². The van der Waals surface area contributed by atoms with E-state index in [1.807, 2.05) is 0 Å². The van der Waals surface area contributed by atoms with Gasteiger partial charge in [0.15, 0.2) is 0 Å². The first-order valence-corrected chi connectivity index (χ1v) is 7.22. The van der Waals surface area contributed by atoms with Gasteiger partial charge in [0.2, 0.25) is 0 Å². The van der Waals surface area contributed by atoms with Crippen LogP contribution >= 0.6 is 0 Å². The molecule has 0 aromatic carbocycles. The van der Waals surface area contributed by atoms with E-state index in [4.69, 9.17) is 5.73 Å². The Hall–Kier alpha value is -0.0400.